The number of nitriles is 1. The summed E-state index contributed by atoms with van der Waals surface area (Å²) in [4.78, 5) is 2.66. The molecule has 8 nitrogen and oxygen atoms in total. The van der Waals surface area contributed by atoms with Crippen molar-refractivity contribution in [1.82, 2.24) is 19.3 Å². The Kier molecular flexibility index (Phi) is 9.24. The van der Waals surface area contributed by atoms with Gasteiger partial charge in [0.25, 0.3) is 0 Å². The number of hydrogen-bond acceptors (Lipinski definition) is 6. The monoisotopic (exact) mass is 647 g/mol. The molecule has 0 radical (unpaired) electrons. The van der Waals surface area contributed by atoms with Gasteiger partial charge in [-0.25, -0.2) is 17.5 Å². The molecule has 1 saturated heterocycles. The third-order valence-corrected chi connectivity index (χ3v) is 10.6. The lowest BCUT2D eigenvalue weighted by Crippen LogP contribution is -2.34. The molecule has 1 N–H and O–H groups in total. The van der Waals surface area contributed by atoms with Gasteiger partial charge in [0.05, 0.1) is 23.1 Å². The maximum atomic E-state index is 13.6. The lowest BCUT2D eigenvalue weighted by Gasteiger charge is -2.31. The van der Waals surface area contributed by atoms with Crippen molar-refractivity contribution in [3.05, 3.63) is 94.0 Å². The van der Waals surface area contributed by atoms with E-state index in [-0.39, 0.29) is 23.2 Å². The van der Waals surface area contributed by atoms with Gasteiger partial charge in [0.15, 0.2) is 5.58 Å². The molecule has 0 saturated carbocycles. The Bertz CT molecular complexity index is 1970. The van der Waals surface area contributed by atoms with Gasteiger partial charge >= 0.3 is 0 Å². The number of benzene rings is 3. The van der Waals surface area contributed by atoms with Gasteiger partial charge in [-0.15, -0.1) is 0 Å². The van der Waals surface area contributed by atoms with E-state index < -0.39 is 10.0 Å². The molecular formula is C34H35ClFN5O3S. The van der Waals surface area contributed by atoms with Crippen LogP contribution in [-0.2, 0) is 29.4 Å². The van der Waals surface area contributed by atoms with Gasteiger partial charge < -0.3 is 14.0 Å². The number of rotatable bonds is 11. The first-order valence-corrected chi connectivity index (χ1v) is 17.1. The Hall–Kier alpha value is -3.75. The fourth-order valence-electron chi connectivity index (χ4n) is 6.47. The Balaban J connectivity index is 1.13. The highest BCUT2D eigenvalue weighted by Gasteiger charge is 2.26. The SMILES string of the molecule is Cc1c(CCN2CCC(c3noc4cc(F)ccc34)CC2)c2cc(CCNS(=O)(=O)c3ccc(Cl)cc3)ccc2n1CCC#N. The molecule has 3 aromatic carbocycles. The largest absolute Gasteiger partial charge is 0.356 e. The highest BCUT2D eigenvalue weighted by atomic mass is 35.5. The second kappa shape index (κ2) is 13.3. The Morgan fingerprint density at radius 1 is 1.04 bits per heavy atom. The normalized spacial score (nSPS) is 14.8. The van der Waals surface area contributed by atoms with Crippen molar-refractivity contribution < 1.29 is 17.3 Å². The Labute approximate surface area is 267 Å². The summed E-state index contributed by atoms with van der Waals surface area (Å²) in [5, 5.41) is 16.1. The first-order valence-electron chi connectivity index (χ1n) is 15.2. The van der Waals surface area contributed by atoms with E-state index in [1.54, 1.807) is 18.2 Å². The smallest absolute Gasteiger partial charge is 0.240 e. The zero-order chi connectivity index (χ0) is 31.6. The van der Waals surface area contributed by atoms with Crippen LogP contribution < -0.4 is 4.72 Å². The van der Waals surface area contributed by atoms with Crippen LogP contribution in [0.25, 0.3) is 21.9 Å². The highest BCUT2D eigenvalue weighted by molar-refractivity contribution is 7.89. The fraction of sp³-hybridized carbons (Fsp3) is 0.353. The molecule has 45 heavy (non-hydrogen) atoms. The van der Waals surface area contributed by atoms with Gasteiger partial charge in [-0.05, 0) is 105 Å². The summed E-state index contributed by atoms with van der Waals surface area (Å²) in [5.41, 5.74) is 5.98. The van der Waals surface area contributed by atoms with E-state index in [1.807, 2.05) is 6.07 Å². The molecule has 5 aromatic rings. The van der Waals surface area contributed by atoms with Crippen molar-refractivity contribution >= 4 is 43.5 Å². The van der Waals surface area contributed by atoms with E-state index in [0.717, 1.165) is 72.1 Å². The molecule has 0 spiro atoms. The van der Waals surface area contributed by atoms with Gasteiger partial charge in [0.2, 0.25) is 10.0 Å². The molecule has 0 bridgehead atoms. The molecule has 2 aromatic heterocycles. The first-order chi connectivity index (χ1) is 21.7. The summed E-state index contributed by atoms with van der Waals surface area (Å²) in [6.07, 6.45) is 3.75. The van der Waals surface area contributed by atoms with Crippen molar-refractivity contribution in [2.24, 2.45) is 0 Å². The van der Waals surface area contributed by atoms with Crippen LogP contribution in [0, 0.1) is 24.1 Å². The van der Waals surface area contributed by atoms with E-state index in [4.69, 9.17) is 16.1 Å². The maximum absolute atomic E-state index is 13.6. The number of sulfonamides is 1. The number of aryl methyl sites for hydroxylation is 1. The molecule has 1 fully saturated rings. The average Bonchev–Trinajstić information content (AvgIpc) is 3.56. The molecule has 1 aliphatic heterocycles. The predicted octanol–water partition coefficient (Wildman–Crippen LogP) is 6.74. The fourth-order valence-corrected chi connectivity index (χ4v) is 7.63. The van der Waals surface area contributed by atoms with Crippen LogP contribution in [0.2, 0.25) is 5.02 Å². The van der Waals surface area contributed by atoms with Gasteiger partial charge in [-0.1, -0.05) is 22.8 Å². The molecule has 0 unspecified atom stereocenters. The third-order valence-electron chi connectivity index (χ3n) is 8.91. The summed E-state index contributed by atoms with van der Waals surface area (Å²) < 4.78 is 49.4. The van der Waals surface area contributed by atoms with Gasteiger partial charge in [-0.3, -0.25) is 0 Å². The van der Waals surface area contributed by atoms with E-state index in [2.05, 4.69) is 44.5 Å². The van der Waals surface area contributed by atoms with Crippen LogP contribution >= 0.6 is 11.6 Å². The lowest BCUT2D eigenvalue weighted by atomic mass is 9.91. The molecule has 0 atom stereocenters. The number of nitrogens with zero attached hydrogens (tertiary/aromatic N) is 4. The van der Waals surface area contributed by atoms with E-state index >= 15 is 0 Å². The van der Waals surface area contributed by atoms with Crippen molar-refractivity contribution in [2.75, 3.05) is 26.2 Å². The van der Waals surface area contributed by atoms with Crippen LogP contribution in [0.15, 0.2) is 70.1 Å². The topological polar surface area (TPSA) is 104 Å². The highest BCUT2D eigenvalue weighted by Crippen LogP contribution is 2.34. The second-order valence-electron chi connectivity index (χ2n) is 11.7. The van der Waals surface area contributed by atoms with Crippen molar-refractivity contribution in [1.29, 1.82) is 5.26 Å². The number of fused-ring (bicyclic) bond motifs is 2. The zero-order valence-corrected chi connectivity index (χ0v) is 26.7. The van der Waals surface area contributed by atoms with Crippen molar-refractivity contribution in [2.45, 2.75) is 56.4 Å². The molecule has 3 heterocycles. The van der Waals surface area contributed by atoms with E-state index in [1.165, 1.54) is 29.8 Å². The van der Waals surface area contributed by atoms with Crippen LogP contribution in [0.5, 0.6) is 0 Å². The minimum atomic E-state index is -3.64. The molecule has 1 aliphatic rings. The van der Waals surface area contributed by atoms with E-state index in [0.29, 0.717) is 30.0 Å². The summed E-state index contributed by atoms with van der Waals surface area (Å²) in [6.45, 7) is 5.79. The van der Waals surface area contributed by atoms with Gasteiger partial charge in [-0.2, -0.15) is 5.26 Å². The summed E-state index contributed by atoms with van der Waals surface area (Å²) in [5.74, 6) is -0.0440. The Morgan fingerprint density at radius 2 is 1.82 bits per heavy atom. The van der Waals surface area contributed by atoms with Gasteiger partial charge in [0.1, 0.15) is 5.82 Å². The number of halogens is 2. The van der Waals surface area contributed by atoms with Crippen LogP contribution in [0.1, 0.15) is 47.7 Å². The molecule has 0 amide bonds. The van der Waals surface area contributed by atoms with Gasteiger partial charge in [0, 0.05) is 58.6 Å². The zero-order valence-electron chi connectivity index (χ0n) is 25.1. The number of likely N-dealkylation sites (tertiary alicyclic amines) is 1. The minimum absolute atomic E-state index is 0.184. The van der Waals surface area contributed by atoms with Crippen molar-refractivity contribution in [3.63, 3.8) is 0 Å². The second-order valence-corrected chi connectivity index (χ2v) is 13.9. The standard InChI is InChI=1S/C34H35ClFN5O3S/c1-23-29(14-20-40-18-12-25(13-19-40)34-30-9-6-27(36)22-33(30)44-39-34)31-21-24(3-10-32(31)41(23)17-2-15-37)11-16-38-45(42,43)28-7-4-26(35)5-8-28/h3-10,21-22,25,38H,2,11-14,16-20H2,1H3. The summed E-state index contributed by atoms with van der Waals surface area (Å²) in [7, 11) is -3.64. The number of aromatic nitrogens is 2. The molecule has 11 heteroatoms. The number of nitrogens with one attached hydrogen (secondary N) is 1. The minimum Gasteiger partial charge on any atom is -0.356 e. The Morgan fingerprint density at radius 3 is 2.58 bits per heavy atom. The molecule has 6 rings (SSSR count). The first kappa shape index (κ1) is 31.2. The summed E-state index contributed by atoms with van der Waals surface area (Å²) >= 11 is 5.91. The average molecular weight is 648 g/mol. The number of hydrogen-bond donors (Lipinski definition) is 1. The molecular weight excluding hydrogens is 613 g/mol. The van der Waals surface area contributed by atoms with Crippen LogP contribution in [-0.4, -0.2) is 49.2 Å². The van der Waals surface area contributed by atoms with Crippen LogP contribution in [0.3, 0.4) is 0 Å². The predicted molar refractivity (Wildman–Crippen MR) is 173 cm³/mol. The third kappa shape index (κ3) is 6.77. The maximum Gasteiger partial charge on any atom is 0.240 e. The lowest BCUT2D eigenvalue weighted by molar-refractivity contribution is 0.211. The summed E-state index contributed by atoms with van der Waals surface area (Å²) in [6, 6.07) is 19.3. The molecule has 0 aliphatic carbocycles. The van der Waals surface area contributed by atoms with Crippen molar-refractivity contribution in [3.8, 4) is 6.07 Å². The number of piperidine rings is 1. The quantitative estimate of drug-likeness (QED) is 0.170. The van der Waals surface area contributed by atoms with E-state index in [9.17, 15) is 18.1 Å². The molecule has 234 valence electrons. The van der Waals surface area contributed by atoms with Crippen LogP contribution in [0.4, 0.5) is 4.39 Å².